The Morgan fingerprint density at radius 2 is 1.97 bits per heavy atom. The first-order chi connectivity index (χ1) is 16.9. The van der Waals surface area contributed by atoms with Crippen molar-refractivity contribution in [3.8, 4) is 0 Å². The fraction of sp³-hybridized carbons (Fsp3) is 0.200. The number of fused-ring (bicyclic) bond motifs is 1. The molecule has 1 N–H and O–H groups in total. The zero-order valence-corrected chi connectivity index (χ0v) is 19.6. The second kappa shape index (κ2) is 11.0. The van der Waals surface area contributed by atoms with E-state index in [0.717, 1.165) is 17.3 Å². The Kier molecular flexibility index (Phi) is 7.61. The number of thioether (sulfide) groups is 1. The van der Waals surface area contributed by atoms with Crippen molar-refractivity contribution in [2.24, 2.45) is 0 Å². The van der Waals surface area contributed by atoms with Crippen molar-refractivity contribution in [1.82, 2.24) is 14.9 Å². The minimum absolute atomic E-state index is 0.0240. The molecule has 0 radical (unpaired) electrons. The molecule has 0 saturated carbocycles. The van der Waals surface area contributed by atoms with Gasteiger partial charge in [-0.25, -0.2) is 14.2 Å². The maximum atomic E-state index is 13.2. The number of carbonyl (C=O) groups excluding carboxylic acids is 2. The van der Waals surface area contributed by atoms with Gasteiger partial charge in [0.05, 0.1) is 42.1 Å². The molecule has 10 heteroatoms. The molecule has 1 amide bonds. The van der Waals surface area contributed by atoms with Gasteiger partial charge < -0.3 is 14.5 Å². The molecule has 0 unspecified atom stereocenters. The van der Waals surface area contributed by atoms with E-state index in [1.165, 1.54) is 48.3 Å². The van der Waals surface area contributed by atoms with E-state index in [1.54, 1.807) is 24.3 Å². The van der Waals surface area contributed by atoms with Crippen molar-refractivity contribution in [3.63, 3.8) is 0 Å². The van der Waals surface area contributed by atoms with Gasteiger partial charge in [-0.3, -0.25) is 14.2 Å². The number of hydrogen-bond donors (Lipinski definition) is 1. The standard InChI is InChI=1S/C25H22FN3O5S/c1-33-24(32)17-6-9-20-21(13-17)28-25(29(23(20)31)14-19-3-2-12-34-19)35-15-22(30)27-11-10-16-4-7-18(26)8-5-16/h2-9,12-13H,10-11,14-15H2,1H3,(H,27,30). The number of carbonyl (C=O) groups is 2. The van der Waals surface area contributed by atoms with E-state index in [0.29, 0.717) is 34.8 Å². The quantitative estimate of drug-likeness (QED) is 0.216. The Morgan fingerprint density at radius 1 is 1.17 bits per heavy atom. The topological polar surface area (TPSA) is 103 Å². The number of aromatic nitrogens is 2. The molecular weight excluding hydrogens is 473 g/mol. The number of ether oxygens (including phenoxy) is 1. The molecule has 0 aliphatic heterocycles. The highest BCUT2D eigenvalue weighted by molar-refractivity contribution is 7.99. The van der Waals surface area contributed by atoms with Gasteiger partial charge in [0.1, 0.15) is 11.6 Å². The number of rotatable bonds is 9. The second-order valence-electron chi connectivity index (χ2n) is 7.60. The van der Waals surface area contributed by atoms with E-state index < -0.39 is 5.97 Å². The van der Waals surface area contributed by atoms with Crippen LogP contribution in [0.15, 0.2) is 75.2 Å². The number of hydrogen-bond acceptors (Lipinski definition) is 7. The highest BCUT2D eigenvalue weighted by Crippen LogP contribution is 2.20. The maximum Gasteiger partial charge on any atom is 0.337 e. The van der Waals surface area contributed by atoms with E-state index in [9.17, 15) is 18.8 Å². The minimum atomic E-state index is -0.539. The summed E-state index contributed by atoms with van der Waals surface area (Å²) in [5.41, 5.74) is 1.18. The molecule has 2 aromatic carbocycles. The highest BCUT2D eigenvalue weighted by Gasteiger charge is 2.16. The Balaban J connectivity index is 1.52. The lowest BCUT2D eigenvalue weighted by Crippen LogP contribution is -2.28. The molecule has 35 heavy (non-hydrogen) atoms. The van der Waals surface area contributed by atoms with Gasteiger partial charge in [-0.05, 0) is 54.4 Å². The maximum absolute atomic E-state index is 13.2. The van der Waals surface area contributed by atoms with E-state index in [-0.39, 0.29) is 35.1 Å². The molecule has 0 spiro atoms. The number of benzene rings is 2. The minimum Gasteiger partial charge on any atom is -0.467 e. The zero-order valence-electron chi connectivity index (χ0n) is 18.8. The summed E-state index contributed by atoms with van der Waals surface area (Å²) in [7, 11) is 1.28. The summed E-state index contributed by atoms with van der Waals surface area (Å²) in [6.07, 6.45) is 2.07. The van der Waals surface area contributed by atoms with Crippen molar-refractivity contribution in [1.29, 1.82) is 0 Å². The van der Waals surface area contributed by atoms with Gasteiger partial charge >= 0.3 is 5.97 Å². The average molecular weight is 496 g/mol. The summed E-state index contributed by atoms with van der Waals surface area (Å²) in [6.45, 7) is 0.528. The Bertz CT molecular complexity index is 1400. The van der Waals surface area contributed by atoms with Crippen molar-refractivity contribution < 1.29 is 23.1 Å². The van der Waals surface area contributed by atoms with Crippen LogP contribution in [-0.2, 0) is 22.5 Å². The number of methoxy groups -OCH3 is 1. The fourth-order valence-electron chi connectivity index (χ4n) is 3.43. The smallest absolute Gasteiger partial charge is 0.337 e. The predicted molar refractivity (Wildman–Crippen MR) is 129 cm³/mol. The SMILES string of the molecule is COC(=O)c1ccc2c(=O)n(Cc3ccco3)c(SCC(=O)NCCc3ccc(F)cc3)nc2c1. The van der Waals surface area contributed by atoms with Gasteiger partial charge in [-0.1, -0.05) is 23.9 Å². The average Bonchev–Trinajstić information content (AvgIpc) is 3.38. The fourth-order valence-corrected chi connectivity index (χ4v) is 4.26. The number of nitrogens with zero attached hydrogens (tertiary/aromatic N) is 2. The molecule has 0 saturated heterocycles. The van der Waals surface area contributed by atoms with Crippen LogP contribution in [-0.4, -0.2) is 40.8 Å². The van der Waals surface area contributed by atoms with Crippen molar-refractivity contribution in [2.45, 2.75) is 18.1 Å². The van der Waals surface area contributed by atoms with Gasteiger partial charge in [0, 0.05) is 6.54 Å². The van der Waals surface area contributed by atoms with Gasteiger partial charge in [-0.15, -0.1) is 0 Å². The first-order valence-corrected chi connectivity index (χ1v) is 11.7. The summed E-state index contributed by atoms with van der Waals surface area (Å²) in [6, 6.07) is 14.1. The lowest BCUT2D eigenvalue weighted by molar-refractivity contribution is -0.118. The number of amides is 1. The van der Waals surface area contributed by atoms with Gasteiger partial charge in [0.15, 0.2) is 5.16 Å². The third kappa shape index (κ3) is 5.96. The molecule has 2 heterocycles. The Labute approximate surface area is 204 Å². The van der Waals surface area contributed by atoms with Crippen LogP contribution < -0.4 is 10.9 Å². The van der Waals surface area contributed by atoms with Gasteiger partial charge in [0.2, 0.25) is 5.91 Å². The third-order valence-electron chi connectivity index (χ3n) is 5.22. The molecule has 4 rings (SSSR count). The van der Waals surface area contributed by atoms with E-state index in [4.69, 9.17) is 9.15 Å². The largest absolute Gasteiger partial charge is 0.467 e. The van der Waals surface area contributed by atoms with Gasteiger partial charge in [-0.2, -0.15) is 0 Å². The first-order valence-electron chi connectivity index (χ1n) is 10.7. The van der Waals surface area contributed by atoms with Crippen molar-refractivity contribution in [3.05, 3.63) is 93.9 Å². The second-order valence-corrected chi connectivity index (χ2v) is 8.55. The van der Waals surface area contributed by atoms with E-state index >= 15 is 0 Å². The highest BCUT2D eigenvalue weighted by atomic mass is 32.2. The lowest BCUT2D eigenvalue weighted by Gasteiger charge is -2.13. The molecule has 8 nitrogen and oxygen atoms in total. The summed E-state index contributed by atoms with van der Waals surface area (Å²) in [5.74, 6) is -0.500. The number of esters is 1. The van der Waals surface area contributed by atoms with Crippen LogP contribution in [0.2, 0.25) is 0 Å². The zero-order chi connectivity index (χ0) is 24.8. The van der Waals surface area contributed by atoms with Crippen LogP contribution in [0.3, 0.4) is 0 Å². The molecule has 0 aliphatic rings. The molecule has 4 aromatic rings. The normalized spacial score (nSPS) is 10.9. The van der Waals surface area contributed by atoms with E-state index in [1.807, 2.05) is 0 Å². The summed E-state index contributed by atoms with van der Waals surface area (Å²) in [4.78, 5) is 42.2. The van der Waals surface area contributed by atoms with Crippen LogP contribution >= 0.6 is 11.8 Å². The number of furan rings is 1. The third-order valence-corrected chi connectivity index (χ3v) is 6.19. The molecule has 180 valence electrons. The summed E-state index contributed by atoms with van der Waals surface area (Å²) < 4.78 is 24.6. The molecule has 0 fully saturated rings. The van der Waals surface area contributed by atoms with Crippen LogP contribution in [0, 0.1) is 5.82 Å². The number of halogens is 1. The van der Waals surface area contributed by atoms with Crippen molar-refractivity contribution in [2.75, 3.05) is 19.4 Å². The summed E-state index contributed by atoms with van der Waals surface area (Å²) in [5, 5.41) is 3.46. The number of nitrogens with one attached hydrogen (secondary N) is 1. The molecule has 0 aliphatic carbocycles. The molecule has 0 atom stereocenters. The van der Waals surface area contributed by atoms with Crippen LogP contribution in [0.1, 0.15) is 21.7 Å². The van der Waals surface area contributed by atoms with Crippen LogP contribution in [0.4, 0.5) is 4.39 Å². The van der Waals surface area contributed by atoms with Gasteiger partial charge in [0.25, 0.3) is 5.56 Å². The molecule has 2 aromatic heterocycles. The predicted octanol–water partition coefficient (Wildman–Crippen LogP) is 3.41. The summed E-state index contributed by atoms with van der Waals surface area (Å²) >= 11 is 1.11. The Hall–Kier alpha value is -3.92. The van der Waals surface area contributed by atoms with Crippen molar-refractivity contribution >= 4 is 34.5 Å². The monoisotopic (exact) mass is 495 g/mol. The van der Waals surface area contributed by atoms with Crippen LogP contribution in [0.5, 0.6) is 0 Å². The molecular formula is C25H22FN3O5S. The van der Waals surface area contributed by atoms with E-state index in [2.05, 4.69) is 10.3 Å². The molecule has 0 bridgehead atoms. The van der Waals surface area contributed by atoms with Crippen LogP contribution in [0.25, 0.3) is 10.9 Å². The first kappa shape index (κ1) is 24.2. The lowest BCUT2D eigenvalue weighted by atomic mass is 10.1. The Morgan fingerprint density at radius 3 is 2.69 bits per heavy atom.